The van der Waals surface area contributed by atoms with Gasteiger partial charge < -0.3 is 10.1 Å². The van der Waals surface area contributed by atoms with E-state index in [0.29, 0.717) is 6.04 Å². The van der Waals surface area contributed by atoms with Crippen LogP contribution >= 0.6 is 0 Å². The molecule has 1 aromatic carbocycles. The second-order valence-corrected chi connectivity index (χ2v) is 3.41. The molecule has 1 N–H and O–H groups in total. The van der Waals surface area contributed by atoms with E-state index < -0.39 is 0 Å². The van der Waals surface area contributed by atoms with Gasteiger partial charge in [0.25, 0.3) is 0 Å². The fourth-order valence-corrected chi connectivity index (χ4v) is 1.80. The zero-order chi connectivity index (χ0) is 9.80. The molecule has 0 bridgehead atoms. The summed E-state index contributed by atoms with van der Waals surface area (Å²) in [6.07, 6.45) is 5.42. The highest BCUT2D eigenvalue weighted by Crippen LogP contribution is 2.28. The Bertz CT molecular complexity index is 333. The van der Waals surface area contributed by atoms with Crippen molar-refractivity contribution >= 4 is 0 Å². The molecule has 0 aromatic heterocycles. The summed E-state index contributed by atoms with van der Waals surface area (Å²) in [6.45, 7) is 0.947. The van der Waals surface area contributed by atoms with Crippen molar-refractivity contribution in [3.8, 4) is 5.75 Å². The van der Waals surface area contributed by atoms with Gasteiger partial charge in [-0.3, -0.25) is 0 Å². The van der Waals surface area contributed by atoms with Crippen molar-refractivity contribution in [1.82, 2.24) is 5.32 Å². The van der Waals surface area contributed by atoms with Gasteiger partial charge in [-0.05, 0) is 12.5 Å². The van der Waals surface area contributed by atoms with Gasteiger partial charge in [0.15, 0.2) is 0 Å². The molecule has 74 valence electrons. The highest BCUT2D eigenvalue weighted by molar-refractivity contribution is 5.36. The molecular formula is C12H15NO. The van der Waals surface area contributed by atoms with E-state index in [9.17, 15) is 0 Å². The third-order valence-electron chi connectivity index (χ3n) is 2.53. The van der Waals surface area contributed by atoms with Gasteiger partial charge in [-0.1, -0.05) is 30.4 Å². The van der Waals surface area contributed by atoms with Gasteiger partial charge in [0.05, 0.1) is 7.11 Å². The Morgan fingerprint density at radius 3 is 2.86 bits per heavy atom. The molecule has 2 nitrogen and oxygen atoms in total. The minimum atomic E-state index is 0.399. The molecule has 0 fully saturated rings. The highest BCUT2D eigenvalue weighted by Gasteiger charge is 2.14. The van der Waals surface area contributed by atoms with Crippen LogP contribution in [0.1, 0.15) is 18.0 Å². The maximum Gasteiger partial charge on any atom is 0.123 e. The van der Waals surface area contributed by atoms with Crippen molar-refractivity contribution in [2.45, 2.75) is 12.5 Å². The van der Waals surface area contributed by atoms with E-state index in [1.807, 2.05) is 12.1 Å². The molecule has 1 atom stereocenters. The van der Waals surface area contributed by atoms with Crippen LogP contribution in [0.15, 0.2) is 36.4 Å². The zero-order valence-electron chi connectivity index (χ0n) is 8.36. The summed E-state index contributed by atoms with van der Waals surface area (Å²) >= 11 is 0. The van der Waals surface area contributed by atoms with Gasteiger partial charge in [0.1, 0.15) is 5.75 Å². The lowest BCUT2D eigenvalue weighted by atomic mass is 10.0. The summed E-state index contributed by atoms with van der Waals surface area (Å²) in [5, 5.41) is 3.44. The van der Waals surface area contributed by atoms with Crippen molar-refractivity contribution in [2.75, 3.05) is 13.7 Å². The predicted molar refractivity (Wildman–Crippen MR) is 57.5 cm³/mol. The number of hydrogen-bond donors (Lipinski definition) is 1. The summed E-state index contributed by atoms with van der Waals surface area (Å²) in [6, 6.07) is 8.58. The first kappa shape index (κ1) is 9.28. The van der Waals surface area contributed by atoms with Crippen LogP contribution in [0.4, 0.5) is 0 Å². The first-order chi connectivity index (χ1) is 6.92. The van der Waals surface area contributed by atoms with Crippen LogP contribution in [0, 0.1) is 0 Å². The van der Waals surface area contributed by atoms with Crippen LogP contribution in [0.3, 0.4) is 0 Å². The highest BCUT2D eigenvalue weighted by atomic mass is 16.5. The Morgan fingerprint density at radius 1 is 1.29 bits per heavy atom. The lowest BCUT2D eigenvalue weighted by molar-refractivity contribution is 0.399. The number of para-hydroxylation sites is 1. The average Bonchev–Trinajstić information content (AvgIpc) is 2.30. The van der Waals surface area contributed by atoms with Crippen molar-refractivity contribution in [3.05, 3.63) is 42.0 Å². The molecule has 1 aliphatic heterocycles. The second kappa shape index (κ2) is 4.29. The molecule has 2 heteroatoms. The standard InChI is InChI=1S/C12H15NO/c1-14-12-8-3-2-6-10(12)11-7-4-5-9-13-11/h2-6,8,11,13H,7,9H2,1H3/t11-/m0/s1. The maximum atomic E-state index is 5.33. The lowest BCUT2D eigenvalue weighted by Crippen LogP contribution is -2.24. The number of hydrogen-bond acceptors (Lipinski definition) is 2. The molecule has 0 spiro atoms. The third-order valence-corrected chi connectivity index (χ3v) is 2.53. The Balaban J connectivity index is 2.25. The maximum absolute atomic E-state index is 5.33. The summed E-state index contributed by atoms with van der Waals surface area (Å²) in [5.41, 5.74) is 1.25. The first-order valence-corrected chi connectivity index (χ1v) is 4.93. The Kier molecular flexibility index (Phi) is 2.84. The van der Waals surface area contributed by atoms with E-state index in [2.05, 4.69) is 29.6 Å². The molecule has 0 amide bonds. The van der Waals surface area contributed by atoms with E-state index in [1.54, 1.807) is 7.11 Å². The minimum absolute atomic E-state index is 0.399. The number of benzene rings is 1. The Hall–Kier alpha value is -1.28. The SMILES string of the molecule is COc1ccccc1[C@@H]1CC=CCN1. The van der Waals surface area contributed by atoms with Crippen molar-refractivity contribution in [3.63, 3.8) is 0 Å². The topological polar surface area (TPSA) is 21.3 Å². The zero-order valence-corrected chi connectivity index (χ0v) is 8.36. The molecule has 0 saturated carbocycles. The van der Waals surface area contributed by atoms with Gasteiger partial charge >= 0.3 is 0 Å². The number of nitrogens with one attached hydrogen (secondary N) is 1. The second-order valence-electron chi connectivity index (χ2n) is 3.41. The fourth-order valence-electron chi connectivity index (χ4n) is 1.80. The average molecular weight is 189 g/mol. The number of ether oxygens (including phenoxy) is 1. The largest absolute Gasteiger partial charge is 0.496 e. The van der Waals surface area contributed by atoms with Gasteiger partial charge in [-0.2, -0.15) is 0 Å². The van der Waals surface area contributed by atoms with Crippen LogP contribution in [0.5, 0.6) is 5.75 Å². The third kappa shape index (κ3) is 1.80. The summed E-state index contributed by atoms with van der Waals surface area (Å²) in [7, 11) is 1.72. The molecule has 0 radical (unpaired) electrons. The van der Waals surface area contributed by atoms with Crippen molar-refractivity contribution in [1.29, 1.82) is 0 Å². The number of rotatable bonds is 2. The van der Waals surface area contributed by atoms with E-state index in [1.165, 1.54) is 5.56 Å². The summed E-state index contributed by atoms with van der Waals surface area (Å²) < 4.78 is 5.33. The lowest BCUT2D eigenvalue weighted by Gasteiger charge is -2.21. The molecule has 0 saturated heterocycles. The monoisotopic (exact) mass is 189 g/mol. The molecule has 14 heavy (non-hydrogen) atoms. The van der Waals surface area contributed by atoms with Crippen LogP contribution < -0.4 is 10.1 Å². The summed E-state index contributed by atoms with van der Waals surface area (Å²) in [4.78, 5) is 0. The van der Waals surface area contributed by atoms with E-state index in [-0.39, 0.29) is 0 Å². The normalized spacial score (nSPS) is 20.8. The quantitative estimate of drug-likeness (QED) is 0.721. The molecular weight excluding hydrogens is 174 g/mol. The molecule has 0 aliphatic carbocycles. The molecule has 1 aliphatic rings. The van der Waals surface area contributed by atoms with Gasteiger partial charge in [0.2, 0.25) is 0 Å². The molecule has 1 aromatic rings. The number of methoxy groups -OCH3 is 1. The van der Waals surface area contributed by atoms with Crippen LogP contribution in [-0.2, 0) is 0 Å². The van der Waals surface area contributed by atoms with Gasteiger partial charge in [0, 0.05) is 18.2 Å². The predicted octanol–water partition coefficient (Wildman–Crippen LogP) is 2.29. The van der Waals surface area contributed by atoms with Gasteiger partial charge in [-0.25, -0.2) is 0 Å². The van der Waals surface area contributed by atoms with Gasteiger partial charge in [-0.15, -0.1) is 0 Å². The minimum Gasteiger partial charge on any atom is -0.496 e. The van der Waals surface area contributed by atoms with Crippen molar-refractivity contribution < 1.29 is 4.74 Å². The van der Waals surface area contributed by atoms with E-state index in [0.717, 1.165) is 18.7 Å². The summed E-state index contributed by atoms with van der Waals surface area (Å²) in [5.74, 6) is 0.973. The Morgan fingerprint density at radius 2 is 2.14 bits per heavy atom. The smallest absolute Gasteiger partial charge is 0.123 e. The van der Waals surface area contributed by atoms with E-state index in [4.69, 9.17) is 4.74 Å². The van der Waals surface area contributed by atoms with Crippen LogP contribution in [0.25, 0.3) is 0 Å². The van der Waals surface area contributed by atoms with E-state index >= 15 is 0 Å². The van der Waals surface area contributed by atoms with Crippen LogP contribution in [0.2, 0.25) is 0 Å². The molecule has 0 unspecified atom stereocenters. The molecule has 2 rings (SSSR count). The van der Waals surface area contributed by atoms with Crippen LogP contribution in [-0.4, -0.2) is 13.7 Å². The first-order valence-electron chi connectivity index (χ1n) is 4.93. The Labute approximate surface area is 84.6 Å². The fraction of sp³-hybridized carbons (Fsp3) is 0.333. The van der Waals surface area contributed by atoms with Crippen molar-refractivity contribution in [2.24, 2.45) is 0 Å². The molecule has 1 heterocycles.